The summed E-state index contributed by atoms with van der Waals surface area (Å²) in [7, 11) is 3.00. The Hall–Kier alpha value is -2.74. The summed E-state index contributed by atoms with van der Waals surface area (Å²) in [6.45, 7) is 0. The number of aromatic nitrogens is 2. The van der Waals surface area contributed by atoms with E-state index in [9.17, 15) is 4.79 Å². The summed E-state index contributed by atoms with van der Waals surface area (Å²) in [5.41, 5.74) is 4.23. The topological polar surface area (TPSA) is 80.5 Å². The fourth-order valence-electron chi connectivity index (χ4n) is 1.73. The fraction of sp³-hybridized carbons (Fsp3) is 0.143. The van der Waals surface area contributed by atoms with E-state index in [1.165, 1.54) is 19.5 Å². The van der Waals surface area contributed by atoms with Gasteiger partial charge in [-0.3, -0.25) is 5.43 Å². The van der Waals surface area contributed by atoms with Crippen molar-refractivity contribution in [1.29, 1.82) is 0 Å². The first kappa shape index (κ1) is 15.6. The molecule has 22 heavy (non-hydrogen) atoms. The maximum atomic E-state index is 11.8. The first-order valence-corrected chi connectivity index (χ1v) is 6.80. The predicted molar refractivity (Wildman–Crippen MR) is 87.3 cm³/mol. The minimum absolute atomic E-state index is 0.312. The van der Waals surface area contributed by atoms with Gasteiger partial charge in [-0.2, -0.15) is 10.2 Å². The second-order valence-electron chi connectivity index (χ2n) is 4.13. The summed E-state index contributed by atoms with van der Waals surface area (Å²) in [5, 5.41) is 11.3. The molecule has 0 aliphatic carbocycles. The Labute approximate surface area is 133 Å². The van der Waals surface area contributed by atoms with Crippen LogP contribution in [0, 0.1) is 0 Å². The fourth-order valence-corrected chi connectivity index (χ4v) is 1.78. The van der Waals surface area contributed by atoms with Gasteiger partial charge < -0.3 is 10.1 Å². The average molecular weight is 317 g/mol. The van der Waals surface area contributed by atoms with E-state index in [-0.39, 0.29) is 0 Å². The number of hydrogen-bond acceptors (Lipinski definition) is 5. The van der Waals surface area contributed by atoms with Crippen LogP contribution < -0.4 is 10.7 Å². The van der Waals surface area contributed by atoms with Gasteiger partial charge in [-0.05, 0) is 24.4 Å². The van der Waals surface area contributed by atoms with Gasteiger partial charge in [0.25, 0.3) is 0 Å². The number of esters is 1. The van der Waals surface area contributed by atoms with Gasteiger partial charge in [0.1, 0.15) is 11.3 Å². The van der Waals surface area contributed by atoms with Crippen LogP contribution in [-0.4, -0.2) is 41.2 Å². The second-order valence-corrected chi connectivity index (χ2v) is 4.54. The smallest absolute Gasteiger partial charge is 0.341 e. The van der Waals surface area contributed by atoms with E-state index in [0.29, 0.717) is 16.4 Å². The zero-order chi connectivity index (χ0) is 15.9. The van der Waals surface area contributed by atoms with Crippen LogP contribution in [0.25, 0.3) is 5.69 Å². The first-order chi connectivity index (χ1) is 10.7. The third-order valence-electron chi connectivity index (χ3n) is 2.79. The average Bonchev–Trinajstić information content (AvgIpc) is 2.98. The van der Waals surface area contributed by atoms with Crippen molar-refractivity contribution in [3.63, 3.8) is 0 Å². The highest BCUT2D eigenvalue weighted by Crippen LogP contribution is 2.14. The molecule has 7 nitrogen and oxygen atoms in total. The molecule has 0 spiro atoms. The van der Waals surface area contributed by atoms with E-state index in [1.54, 1.807) is 11.7 Å². The summed E-state index contributed by atoms with van der Waals surface area (Å²) in [6, 6.07) is 9.40. The molecule has 1 aromatic carbocycles. The van der Waals surface area contributed by atoms with E-state index in [4.69, 9.17) is 17.0 Å². The summed E-state index contributed by atoms with van der Waals surface area (Å²) in [6.07, 6.45) is 2.91. The zero-order valence-corrected chi connectivity index (χ0v) is 12.9. The number of hydrogen-bond donors (Lipinski definition) is 2. The van der Waals surface area contributed by atoms with E-state index in [0.717, 1.165) is 5.69 Å². The van der Waals surface area contributed by atoms with Crippen molar-refractivity contribution in [3.05, 3.63) is 47.8 Å². The van der Waals surface area contributed by atoms with Crippen molar-refractivity contribution >= 4 is 29.5 Å². The quantitative estimate of drug-likeness (QED) is 0.380. The third kappa shape index (κ3) is 3.47. The molecule has 2 rings (SSSR count). The SMILES string of the molecule is CNC(=S)N/N=C/c1c(C(=O)OC)cnn1-c1ccccc1. The molecule has 0 saturated heterocycles. The number of thiocarbonyl (C=S) groups is 1. The Balaban J connectivity index is 2.40. The molecule has 0 amide bonds. The van der Waals surface area contributed by atoms with Gasteiger partial charge in [-0.1, -0.05) is 18.2 Å². The zero-order valence-electron chi connectivity index (χ0n) is 12.1. The minimum atomic E-state index is -0.486. The molecule has 0 unspecified atom stereocenters. The van der Waals surface area contributed by atoms with Crippen molar-refractivity contribution in [2.24, 2.45) is 5.10 Å². The maximum Gasteiger partial charge on any atom is 0.341 e. The molecule has 0 fully saturated rings. The lowest BCUT2D eigenvalue weighted by molar-refractivity contribution is 0.0600. The van der Waals surface area contributed by atoms with Crippen molar-refractivity contribution in [3.8, 4) is 5.69 Å². The Kier molecular flexibility index (Phi) is 5.21. The molecule has 8 heteroatoms. The van der Waals surface area contributed by atoms with Gasteiger partial charge >= 0.3 is 5.97 Å². The van der Waals surface area contributed by atoms with Crippen molar-refractivity contribution < 1.29 is 9.53 Å². The number of carbonyl (C=O) groups is 1. The van der Waals surface area contributed by atoms with Gasteiger partial charge in [0.15, 0.2) is 5.11 Å². The third-order valence-corrected chi connectivity index (χ3v) is 3.09. The molecule has 1 aromatic heterocycles. The summed E-state index contributed by atoms with van der Waals surface area (Å²) in [5.74, 6) is -0.486. The largest absolute Gasteiger partial charge is 0.465 e. The first-order valence-electron chi connectivity index (χ1n) is 6.40. The second kappa shape index (κ2) is 7.32. The van der Waals surface area contributed by atoms with E-state index in [1.807, 2.05) is 30.3 Å². The Bertz CT molecular complexity index is 697. The van der Waals surface area contributed by atoms with Gasteiger partial charge in [-0.15, -0.1) is 0 Å². The number of para-hydroxylation sites is 1. The van der Waals surface area contributed by atoms with Crippen molar-refractivity contribution in [2.75, 3.05) is 14.2 Å². The Morgan fingerprint density at radius 2 is 2.14 bits per heavy atom. The van der Waals surface area contributed by atoms with Crippen molar-refractivity contribution in [2.45, 2.75) is 0 Å². The number of nitrogens with one attached hydrogen (secondary N) is 2. The molecule has 2 N–H and O–H groups in total. The number of hydrazone groups is 1. The lowest BCUT2D eigenvalue weighted by Crippen LogP contribution is -2.28. The van der Waals surface area contributed by atoms with Crippen LogP contribution in [0.3, 0.4) is 0 Å². The molecule has 0 aliphatic heterocycles. The van der Waals surface area contributed by atoms with Crippen LogP contribution in [-0.2, 0) is 4.74 Å². The molecule has 0 saturated carbocycles. The van der Waals surface area contributed by atoms with Gasteiger partial charge in [0.05, 0.1) is 25.2 Å². The highest BCUT2D eigenvalue weighted by atomic mass is 32.1. The highest BCUT2D eigenvalue weighted by molar-refractivity contribution is 7.80. The monoisotopic (exact) mass is 317 g/mol. The van der Waals surface area contributed by atoms with Crippen LogP contribution in [0.4, 0.5) is 0 Å². The molecule has 0 aliphatic rings. The Morgan fingerprint density at radius 3 is 2.77 bits per heavy atom. The van der Waals surface area contributed by atoms with Crippen LogP contribution in [0.15, 0.2) is 41.6 Å². The molecule has 2 aromatic rings. The lowest BCUT2D eigenvalue weighted by atomic mass is 10.2. The molecule has 114 valence electrons. The van der Waals surface area contributed by atoms with E-state index in [2.05, 4.69) is 20.9 Å². The summed E-state index contributed by atoms with van der Waals surface area (Å²) in [4.78, 5) is 11.8. The van der Waals surface area contributed by atoms with Gasteiger partial charge in [-0.25, -0.2) is 9.48 Å². The minimum Gasteiger partial charge on any atom is -0.465 e. The van der Waals surface area contributed by atoms with Gasteiger partial charge in [0, 0.05) is 7.05 Å². The number of methoxy groups -OCH3 is 1. The van der Waals surface area contributed by atoms with Gasteiger partial charge in [0.2, 0.25) is 0 Å². The summed E-state index contributed by atoms with van der Waals surface area (Å²) >= 11 is 4.93. The number of ether oxygens (including phenoxy) is 1. The molecule has 0 radical (unpaired) electrons. The van der Waals surface area contributed by atoms with Crippen LogP contribution in [0.5, 0.6) is 0 Å². The number of benzene rings is 1. The van der Waals surface area contributed by atoms with Crippen LogP contribution in [0.2, 0.25) is 0 Å². The van der Waals surface area contributed by atoms with E-state index < -0.39 is 5.97 Å². The molecule has 1 heterocycles. The molecular formula is C14H15N5O2S. The summed E-state index contributed by atoms with van der Waals surface area (Å²) < 4.78 is 6.36. The Morgan fingerprint density at radius 1 is 1.41 bits per heavy atom. The standard InChI is InChI=1S/C14H15N5O2S/c1-15-14(22)18-16-9-12-11(13(20)21-2)8-17-19(12)10-6-4-3-5-7-10/h3-9H,1-2H3,(H2,15,18,22)/b16-9+. The van der Waals surface area contributed by atoms with Crippen LogP contribution >= 0.6 is 12.2 Å². The van der Waals surface area contributed by atoms with E-state index >= 15 is 0 Å². The molecule has 0 atom stereocenters. The van der Waals surface area contributed by atoms with Crippen molar-refractivity contribution in [1.82, 2.24) is 20.5 Å². The predicted octanol–water partition coefficient (Wildman–Crippen LogP) is 1.09. The number of rotatable bonds is 4. The number of carbonyl (C=O) groups excluding carboxylic acids is 1. The lowest BCUT2D eigenvalue weighted by Gasteiger charge is -2.05. The maximum absolute atomic E-state index is 11.8. The highest BCUT2D eigenvalue weighted by Gasteiger charge is 2.17. The normalized spacial score (nSPS) is 10.5. The molecule has 0 bridgehead atoms. The van der Waals surface area contributed by atoms with Crippen LogP contribution in [0.1, 0.15) is 16.1 Å². The molecular weight excluding hydrogens is 302 g/mol. The number of nitrogens with zero attached hydrogens (tertiary/aromatic N) is 3.